The van der Waals surface area contributed by atoms with Gasteiger partial charge in [0.1, 0.15) is 12.4 Å². The summed E-state index contributed by atoms with van der Waals surface area (Å²) < 4.78 is 6.70. The SMILES string of the molecule is CN(C)CCOc1cc(Br)ccc1NCC(O)CCl. The maximum Gasteiger partial charge on any atom is 0.143 e. The summed E-state index contributed by atoms with van der Waals surface area (Å²) in [7, 11) is 4.00. The maximum atomic E-state index is 9.46. The van der Waals surface area contributed by atoms with Crippen molar-refractivity contribution in [3.05, 3.63) is 22.7 Å². The summed E-state index contributed by atoms with van der Waals surface area (Å²) in [4.78, 5) is 2.06. The molecular formula is C13H20BrClN2O2. The topological polar surface area (TPSA) is 44.7 Å². The fraction of sp³-hybridized carbons (Fsp3) is 0.538. The van der Waals surface area contributed by atoms with Gasteiger partial charge in [-0.05, 0) is 32.3 Å². The van der Waals surface area contributed by atoms with Gasteiger partial charge in [0.15, 0.2) is 0 Å². The Hall–Kier alpha value is -0.490. The molecule has 1 rings (SSSR count). The van der Waals surface area contributed by atoms with Gasteiger partial charge in [0.2, 0.25) is 0 Å². The molecule has 0 aliphatic carbocycles. The van der Waals surface area contributed by atoms with Crippen LogP contribution >= 0.6 is 27.5 Å². The van der Waals surface area contributed by atoms with Gasteiger partial charge in [0.25, 0.3) is 0 Å². The first kappa shape index (κ1) is 16.6. The second kappa shape index (κ2) is 8.64. The third-order valence-corrected chi connectivity index (χ3v) is 3.30. The highest BCUT2D eigenvalue weighted by Gasteiger charge is 2.07. The molecule has 0 spiro atoms. The Bertz CT molecular complexity index is 391. The first-order valence-electron chi connectivity index (χ1n) is 6.08. The fourth-order valence-corrected chi connectivity index (χ4v) is 1.83. The summed E-state index contributed by atoms with van der Waals surface area (Å²) in [6.45, 7) is 1.85. The van der Waals surface area contributed by atoms with E-state index < -0.39 is 6.10 Å². The standard InChI is InChI=1S/C13H20BrClN2O2/c1-17(2)5-6-19-13-7-10(14)3-4-12(13)16-9-11(18)8-15/h3-4,7,11,16,18H,5-6,8-9H2,1-2H3. The lowest BCUT2D eigenvalue weighted by Gasteiger charge is -2.16. The van der Waals surface area contributed by atoms with Crippen LogP contribution in [-0.4, -0.2) is 55.8 Å². The van der Waals surface area contributed by atoms with Gasteiger partial charge in [-0.3, -0.25) is 0 Å². The molecule has 0 aliphatic rings. The molecule has 0 aromatic heterocycles. The van der Waals surface area contributed by atoms with E-state index in [4.69, 9.17) is 16.3 Å². The highest BCUT2D eigenvalue weighted by atomic mass is 79.9. The van der Waals surface area contributed by atoms with Gasteiger partial charge in [-0.2, -0.15) is 0 Å². The second-order valence-corrected chi connectivity index (χ2v) is 5.71. The van der Waals surface area contributed by atoms with Crippen molar-refractivity contribution in [3.63, 3.8) is 0 Å². The maximum absolute atomic E-state index is 9.46. The Kier molecular flexibility index (Phi) is 7.53. The molecule has 19 heavy (non-hydrogen) atoms. The summed E-state index contributed by atoms with van der Waals surface area (Å²) in [6, 6.07) is 5.75. The van der Waals surface area contributed by atoms with Crippen LogP contribution in [0, 0.1) is 0 Å². The van der Waals surface area contributed by atoms with E-state index in [0.717, 1.165) is 22.5 Å². The zero-order valence-electron chi connectivity index (χ0n) is 11.2. The number of nitrogens with zero attached hydrogens (tertiary/aromatic N) is 1. The van der Waals surface area contributed by atoms with Crippen LogP contribution in [0.5, 0.6) is 5.75 Å². The van der Waals surface area contributed by atoms with Crippen molar-refractivity contribution in [2.45, 2.75) is 6.10 Å². The number of hydrogen-bond acceptors (Lipinski definition) is 4. The average Bonchev–Trinajstić information content (AvgIpc) is 2.37. The Morgan fingerprint density at radius 3 is 2.84 bits per heavy atom. The summed E-state index contributed by atoms with van der Waals surface area (Å²) in [5.41, 5.74) is 0.853. The highest BCUT2D eigenvalue weighted by Crippen LogP contribution is 2.28. The van der Waals surface area contributed by atoms with E-state index in [-0.39, 0.29) is 5.88 Å². The van der Waals surface area contributed by atoms with Crippen molar-refractivity contribution >= 4 is 33.2 Å². The molecule has 1 atom stereocenters. The molecule has 0 bridgehead atoms. The molecule has 1 aromatic rings. The van der Waals surface area contributed by atoms with Crippen molar-refractivity contribution < 1.29 is 9.84 Å². The lowest BCUT2D eigenvalue weighted by Crippen LogP contribution is -2.22. The zero-order valence-corrected chi connectivity index (χ0v) is 13.5. The Balaban J connectivity index is 2.63. The molecule has 0 saturated heterocycles. The molecule has 4 nitrogen and oxygen atoms in total. The van der Waals surface area contributed by atoms with E-state index in [2.05, 4.69) is 26.1 Å². The van der Waals surface area contributed by atoms with Gasteiger partial charge in [-0.1, -0.05) is 15.9 Å². The van der Waals surface area contributed by atoms with Crippen LogP contribution in [0.1, 0.15) is 0 Å². The summed E-state index contributed by atoms with van der Waals surface area (Å²) in [5.74, 6) is 0.971. The minimum Gasteiger partial charge on any atom is -0.490 e. The van der Waals surface area contributed by atoms with E-state index in [1.54, 1.807) is 0 Å². The van der Waals surface area contributed by atoms with Crippen molar-refractivity contribution in [1.82, 2.24) is 4.90 Å². The predicted octanol–water partition coefficient (Wildman–Crippen LogP) is 2.40. The van der Waals surface area contributed by atoms with E-state index >= 15 is 0 Å². The Morgan fingerprint density at radius 2 is 2.21 bits per heavy atom. The minimum atomic E-state index is -0.570. The number of likely N-dealkylation sites (N-methyl/N-ethyl adjacent to an activating group) is 1. The molecule has 0 fully saturated rings. The van der Waals surface area contributed by atoms with Gasteiger partial charge in [-0.15, -0.1) is 11.6 Å². The van der Waals surface area contributed by atoms with E-state index in [1.165, 1.54) is 0 Å². The molecule has 0 heterocycles. The Labute approximate surface area is 127 Å². The van der Waals surface area contributed by atoms with Gasteiger partial charge >= 0.3 is 0 Å². The second-order valence-electron chi connectivity index (χ2n) is 4.48. The molecule has 0 saturated carbocycles. The average molecular weight is 352 g/mol. The van der Waals surface area contributed by atoms with Crippen molar-refractivity contribution in [2.75, 3.05) is 45.0 Å². The molecule has 0 aliphatic heterocycles. The first-order valence-corrected chi connectivity index (χ1v) is 7.40. The molecular weight excluding hydrogens is 332 g/mol. The van der Waals surface area contributed by atoms with E-state index in [9.17, 15) is 5.11 Å². The normalized spacial score (nSPS) is 12.5. The van der Waals surface area contributed by atoms with Crippen molar-refractivity contribution in [3.8, 4) is 5.75 Å². The quantitative estimate of drug-likeness (QED) is 0.706. The monoisotopic (exact) mass is 350 g/mol. The van der Waals surface area contributed by atoms with E-state index in [0.29, 0.717) is 13.2 Å². The number of hydrogen-bond donors (Lipinski definition) is 2. The number of alkyl halides is 1. The van der Waals surface area contributed by atoms with Crippen LogP contribution in [0.3, 0.4) is 0 Å². The lowest BCUT2D eigenvalue weighted by atomic mass is 10.2. The predicted molar refractivity (Wildman–Crippen MR) is 83.4 cm³/mol. The molecule has 6 heteroatoms. The van der Waals surface area contributed by atoms with Crippen molar-refractivity contribution in [2.24, 2.45) is 0 Å². The number of rotatable bonds is 8. The van der Waals surface area contributed by atoms with Gasteiger partial charge in [-0.25, -0.2) is 0 Å². The first-order chi connectivity index (χ1) is 9.02. The number of aliphatic hydroxyl groups is 1. The number of ether oxygens (including phenoxy) is 1. The summed E-state index contributed by atoms with van der Waals surface area (Å²) >= 11 is 8.99. The summed E-state index contributed by atoms with van der Waals surface area (Å²) in [6.07, 6.45) is -0.570. The zero-order chi connectivity index (χ0) is 14.3. The van der Waals surface area contributed by atoms with Crippen LogP contribution in [0.15, 0.2) is 22.7 Å². The number of benzene rings is 1. The molecule has 1 aromatic carbocycles. The van der Waals surface area contributed by atoms with Crippen molar-refractivity contribution in [1.29, 1.82) is 0 Å². The smallest absolute Gasteiger partial charge is 0.143 e. The largest absolute Gasteiger partial charge is 0.490 e. The molecule has 2 N–H and O–H groups in total. The molecule has 108 valence electrons. The minimum absolute atomic E-state index is 0.209. The third kappa shape index (κ3) is 6.47. The lowest BCUT2D eigenvalue weighted by molar-refractivity contribution is 0.211. The van der Waals surface area contributed by atoms with Crippen LogP contribution in [0.25, 0.3) is 0 Å². The number of aliphatic hydroxyl groups excluding tert-OH is 1. The van der Waals surface area contributed by atoms with Crippen LogP contribution in [0.2, 0.25) is 0 Å². The summed E-state index contributed by atoms with van der Waals surface area (Å²) in [5, 5.41) is 12.6. The Morgan fingerprint density at radius 1 is 1.47 bits per heavy atom. The molecule has 0 amide bonds. The highest BCUT2D eigenvalue weighted by molar-refractivity contribution is 9.10. The number of halogens is 2. The number of anilines is 1. The molecule has 0 radical (unpaired) electrons. The molecule has 1 unspecified atom stereocenters. The van der Waals surface area contributed by atoms with Crippen LogP contribution < -0.4 is 10.1 Å². The van der Waals surface area contributed by atoms with Gasteiger partial charge < -0.3 is 20.1 Å². The third-order valence-electron chi connectivity index (χ3n) is 2.45. The van der Waals surface area contributed by atoms with Gasteiger partial charge in [0, 0.05) is 17.6 Å². The van der Waals surface area contributed by atoms with Crippen LogP contribution in [-0.2, 0) is 0 Å². The fourth-order valence-electron chi connectivity index (χ4n) is 1.38. The number of nitrogens with one attached hydrogen (secondary N) is 1. The van der Waals surface area contributed by atoms with Gasteiger partial charge in [0.05, 0.1) is 17.7 Å². The van der Waals surface area contributed by atoms with Crippen LogP contribution in [0.4, 0.5) is 5.69 Å². The van der Waals surface area contributed by atoms with E-state index in [1.807, 2.05) is 32.3 Å².